The van der Waals surface area contributed by atoms with Gasteiger partial charge < -0.3 is 14.4 Å². The molecule has 1 saturated heterocycles. The lowest BCUT2D eigenvalue weighted by Crippen LogP contribution is -2.45. The highest BCUT2D eigenvalue weighted by molar-refractivity contribution is 5.91. The summed E-state index contributed by atoms with van der Waals surface area (Å²) >= 11 is 0. The van der Waals surface area contributed by atoms with Crippen molar-refractivity contribution in [1.29, 1.82) is 0 Å². The van der Waals surface area contributed by atoms with E-state index in [0.29, 0.717) is 11.3 Å². The molecule has 1 aromatic carbocycles. The van der Waals surface area contributed by atoms with Crippen LogP contribution in [-0.2, 0) is 9.53 Å². The van der Waals surface area contributed by atoms with Crippen molar-refractivity contribution in [2.45, 2.75) is 38.6 Å². The summed E-state index contributed by atoms with van der Waals surface area (Å²) in [5.74, 6) is -0.0250. The molecule has 5 heteroatoms. The van der Waals surface area contributed by atoms with Gasteiger partial charge in [0.1, 0.15) is 5.75 Å². The van der Waals surface area contributed by atoms with Crippen molar-refractivity contribution >= 4 is 11.9 Å². The van der Waals surface area contributed by atoms with Crippen LogP contribution in [0.2, 0.25) is 0 Å². The summed E-state index contributed by atoms with van der Waals surface area (Å²) < 4.78 is 10.2. The van der Waals surface area contributed by atoms with Gasteiger partial charge in [-0.25, -0.2) is 4.79 Å². The molecule has 1 aromatic rings. The van der Waals surface area contributed by atoms with E-state index < -0.39 is 5.97 Å². The standard InChI is InChI=1S/C17H23NO4/c1-3-14-8-4-5-10-18(14)16(19)12-22-17(20)13-7-6-9-15(11-13)21-2/h6-7,9,11,14H,3-5,8,10,12H2,1-2H3. The highest BCUT2D eigenvalue weighted by atomic mass is 16.5. The number of hydrogen-bond donors (Lipinski definition) is 0. The zero-order valence-electron chi connectivity index (χ0n) is 13.2. The second-order valence-corrected chi connectivity index (χ2v) is 5.45. The van der Waals surface area contributed by atoms with Gasteiger partial charge in [0.15, 0.2) is 6.61 Å². The number of ether oxygens (including phenoxy) is 2. The van der Waals surface area contributed by atoms with Crippen LogP contribution in [0.15, 0.2) is 24.3 Å². The number of methoxy groups -OCH3 is 1. The summed E-state index contributed by atoms with van der Waals surface area (Å²) in [6.45, 7) is 2.64. The van der Waals surface area contributed by atoms with Crippen molar-refractivity contribution in [3.05, 3.63) is 29.8 Å². The van der Waals surface area contributed by atoms with Gasteiger partial charge in [-0.05, 0) is 43.9 Å². The van der Waals surface area contributed by atoms with Gasteiger partial charge in [0.05, 0.1) is 12.7 Å². The van der Waals surface area contributed by atoms with E-state index in [2.05, 4.69) is 6.92 Å². The molecule has 1 fully saturated rings. The van der Waals surface area contributed by atoms with Crippen LogP contribution in [0.3, 0.4) is 0 Å². The van der Waals surface area contributed by atoms with E-state index >= 15 is 0 Å². The molecule has 22 heavy (non-hydrogen) atoms. The molecule has 2 rings (SSSR count). The van der Waals surface area contributed by atoms with Gasteiger partial charge in [-0.15, -0.1) is 0 Å². The van der Waals surface area contributed by atoms with Crippen LogP contribution in [0.4, 0.5) is 0 Å². The van der Waals surface area contributed by atoms with Crippen LogP contribution in [0.1, 0.15) is 43.0 Å². The minimum absolute atomic E-state index is 0.109. The maximum Gasteiger partial charge on any atom is 0.338 e. The smallest absolute Gasteiger partial charge is 0.338 e. The fourth-order valence-electron chi connectivity index (χ4n) is 2.80. The Kier molecular flexibility index (Phi) is 5.81. The van der Waals surface area contributed by atoms with E-state index in [4.69, 9.17) is 9.47 Å². The largest absolute Gasteiger partial charge is 0.497 e. The second kappa shape index (κ2) is 7.82. The Balaban J connectivity index is 1.91. The van der Waals surface area contributed by atoms with Gasteiger partial charge in [0, 0.05) is 12.6 Å². The lowest BCUT2D eigenvalue weighted by atomic mass is 10.00. The summed E-state index contributed by atoms with van der Waals surface area (Å²) in [6.07, 6.45) is 4.15. The lowest BCUT2D eigenvalue weighted by Gasteiger charge is -2.35. The molecular formula is C17H23NO4. The predicted molar refractivity (Wildman–Crippen MR) is 82.9 cm³/mol. The normalized spacial score (nSPS) is 17.9. The first-order valence-electron chi connectivity index (χ1n) is 7.76. The van der Waals surface area contributed by atoms with Crippen LogP contribution in [0, 0.1) is 0 Å². The molecule has 1 aliphatic heterocycles. The van der Waals surface area contributed by atoms with Crippen LogP contribution in [-0.4, -0.2) is 43.1 Å². The topological polar surface area (TPSA) is 55.8 Å². The van der Waals surface area contributed by atoms with Crippen molar-refractivity contribution in [1.82, 2.24) is 4.90 Å². The molecule has 0 radical (unpaired) electrons. The molecule has 1 aliphatic rings. The lowest BCUT2D eigenvalue weighted by molar-refractivity contribution is -0.138. The Labute approximate surface area is 131 Å². The number of hydrogen-bond acceptors (Lipinski definition) is 4. The third-order valence-corrected chi connectivity index (χ3v) is 4.05. The van der Waals surface area contributed by atoms with Crippen molar-refractivity contribution in [3.63, 3.8) is 0 Å². The molecule has 0 saturated carbocycles. The third-order valence-electron chi connectivity index (χ3n) is 4.05. The number of rotatable bonds is 5. The van der Waals surface area contributed by atoms with Crippen LogP contribution < -0.4 is 4.74 Å². The number of nitrogens with zero attached hydrogens (tertiary/aromatic N) is 1. The summed E-state index contributed by atoms with van der Waals surface area (Å²) in [4.78, 5) is 26.1. The summed E-state index contributed by atoms with van der Waals surface area (Å²) in [5.41, 5.74) is 0.387. The highest BCUT2D eigenvalue weighted by Gasteiger charge is 2.26. The fraction of sp³-hybridized carbons (Fsp3) is 0.529. The molecule has 120 valence electrons. The minimum atomic E-state index is -0.502. The molecular weight excluding hydrogens is 282 g/mol. The summed E-state index contributed by atoms with van der Waals surface area (Å²) in [7, 11) is 1.54. The van der Waals surface area contributed by atoms with Gasteiger partial charge >= 0.3 is 5.97 Å². The van der Waals surface area contributed by atoms with E-state index in [-0.39, 0.29) is 18.6 Å². The number of carbonyl (C=O) groups excluding carboxylic acids is 2. The highest BCUT2D eigenvalue weighted by Crippen LogP contribution is 2.19. The predicted octanol–water partition coefficient (Wildman–Crippen LogP) is 2.64. The Morgan fingerprint density at radius 1 is 1.32 bits per heavy atom. The molecule has 1 unspecified atom stereocenters. The first kappa shape index (κ1) is 16.3. The molecule has 0 spiro atoms. The fourth-order valence-corrected chi connectivity index (χ4v) is 2.80. The number of likely N-dealkylation sites (tertiary alicyclic amines) is 1. The van der Waals surface area contributed by atoms with E-state index in [0.717, 1.165) is 32.2 Å². The Hall–Kier alpha value is -2.04. The molecule has 0 bridgehead atoms. The van der Waals surface area contributed by atoms with Crippen LogP contribution >= 0.6 is 0 Å². The van der Waals surface area contributed by atoms with Gasteiger partial charge in [-0.1, -0.05) is 13.0 Å². The van der Waals surface area contributed by atoms with E-state index in [1.807, 2.05) is 4.90 Å². The van der Waals surface area contributed by atoms with Crippen LogP contribution in [0.5, 0.6) is 5.75 Å². The number of amides is 1. The Morgan fingerprint density at radius 3 is 2.86 bits per heavy atom. The third kappa shape index (κ3) is 4.00. The van der Waals surface area contributed by atoms with E-state index in [9.17, 15) is 9.59 Å². The monoisotopic (exact) mass is 305 g/mol. The molecule has 0 aliphatic carbocycles. The Bertz CT molecular complexity index is 529. The van der Waals surface area contributed by atoms with Gasteiger partial charge in [-0.3, -0.25) is 4.79 Å². The minimum Gasteiger partial charge on any atom is -0.497 e. The first-order valence-corrected chi connectivity index (χ1v) is 7.76. The van der Waals surface area contributed by atoms with Gasteiger partial charge in [-0.2, -0.15) is 0 Å². The van der Waals surface area contributed by atoms with Crippen molar-refractivity contribution in [2.75, 3.05) is 20.3 Å². The molecule has 1 amide bonds. The second-order valence-electron chi connectivity index (χ2n) is 5.45. The maximum absolute atomic E-state index is 12.3. The summed E-state index contributed by atoms with van der Waals surface area (Å²) in [5, 5.41) is 0. The average molecular weight is 305 g/mol. The molecule has 0 N–H and O–H groups in total. The van der Waals surface area contributed by atoms with Gasteiger partial charge in [0.25, 0.3) is 5.91 Å². The number of esters is 1. The first-order chi connectivity index (χ1) is 10.7. The SMILES string of the molecule is CCC1CCCCN1C(=O)COC(=O)c1cccc(OC)c1. The molecule has 1 heterocycles. The van der Waals surface area contributed by atoms with Crippen molar-refractivity contribution in [3.8, 4) is 5.75 Å². The zero-order chi connectivity index (χ0) is 15.9. The quantitative estimate of drug-likeness (QED) is 0.785. The maximum atomic E-state index is 12.3. The van der Waals surface area contributed by atoms with Gasteiger partial charge in [0.2, 0.25) is 0 Å². The number of carbonyl (C=O) groups is 2. The van der Waals surface area contributed by atoms with Crippen molar-refractivity contribution in [2.24, 2.45) is 0 Å². The van der Waals surface area contributed by atoms with E-state index in [1.54, 1.807) is 24.3 Å². The van der Waals surface area contributed by atoms with Crippen molar-refractivity contribution < 1.29 is 19.1 Å². The number of benzene rings is 1. The number of piperidine rings is 1. The zero-order valence-corrected chi connectivity index (χ0v) is 13.2. The molecule has 1 atom stereocenters. The summed E-state index contributed by atoms with van der Waals surface area (Å²) in [6, 6.07) is 6.99. The van der Waals surface area contributed by atoms with E-state index in [1.165, 1.54) is 7.11 Å². The molecule has 5 nitrogen and oxygen atoms in total. The van der Waals surface area contributed by atoms with Crippen LogP contribution in [0.25, 0.3) is 0 Å². The molecule has 0 aromatic heterocycles. The Morgan fingerprint density at radius 2 is 2.14 bits per heavy atom. The average Bonchev–Trinajstić information content (AvgIpc) is 2.59.